The lowest BCUT2D eigenvalue weighted by Gasteiger charge is -2.23. The van der Waals surface area contributed by atoms with Crippen molar-refractivity contribution in [3.05, 3.63) is 72.1 Å². The Morgan fingerprint density at radius 1 is 1.23 bits per heavy atom. The van der Waals surface area contributed by atoms with E-state index in [4.69, 9.17) is 21.7 Å². The number of halogens is 1. The molecule has 1 fully saturated rings. The maximum atomic E-state index is 14.1. The summed E-state index contributed by atoms with van der Waals surface area (Å²) >= 11 is 5.50. The highest BCUT2D eigenvalue weighted by atomic mass is 32.1. The summed E-state index contributed by atoms with van der Waals surface area (Å²) < 4.78 is 27.3. The summed E-state index contributed by atoms with van der Waals surface area (Å²) in [5, 5.41) is 3.17. The summed E-state index contributed by atoms with van der Waals surface area (Å²) in [4.78, 5) is 4.96. The van der Waals surface area contributed by atoms with E-state index in [0.717, 1.165) is 34.9 Å². The Bertz CT molecular complexity index is 1010. The van der Waals surface area contributed by atoms with Crippen LogP contribution in [-0.2, 0) is 11.3 Å². The number of anilines is 1. The molecule has 7 heteroatoms. The zero-order valence-electron chi connectivity index (χ0n) is 16.8. The third kappa shape index (κ3) is 5.04. The van der Waals surface area contributed by atoms with E-state index in [9.17, 15) is 4.39 Å². The molecule has 156 valence electrons. The van der Waals surface area contributed by atoms with Crippen molar-refractivity contribution in [2.45, 2.75) is 26.4 Å². The molecule has 1 N–H and O–H groups in total. The van der Waals surface area contributed by atoms with Crippen LogP contribution >= 0.6 is 12.2 Å². The van der Waals surface area contributed by atoms with Gasteiger partial charge in [0.1, 0.15) is 24.0 Å². The third-order valence-corrected chi connectivity index (χ3v) is 5.61. The molecule has 0 amide bonds. The van der Waals surface area contributed by atoms with Crippen molar-refractivity contribution in [3.63, 3.8) is 0 Å². The molecule has 0 unspecified atom stereocenters. The van der Waals surface area contributed by atoms with Gasteiger partial charge in [-0.1, -0.05) is 24.4 Å². The maximum Gasteiger partial charge on any atom is 0.128 e. The second-order valence-corrected chi connectivity index (χ2v) is 7.79. The number of nitrogens with zero attached hydrogens (tertiary/aromatic N) is 2. The van der Waals surface area contributed by atoms with Crippen LogP contribution in [0.5, 0.6) is 5.75 Å². The molecular formula is C23H24FN3O2S. The predicted molar refractivity (Wildman–Crippen MR) is 119 cm³/mol. The topological polar surface area (TPSA) is 48.3 Å². The number of aromatic nitrogens is 2. The number of nitrogens with one attached hydrogen (secondary N) is 1. The van der Waals surface area contributed by atoms with Gasteiger partial charge in [0.25, 0.3) is 0 Å². The zero-order chi connectivity index (χ0) is 20.9. The smallest absolute Gasteiger partial charge is 0.128 e. The number of thiocarbonyl (C=S) groups is 1. The van der Waals surface area contributed by atoms with Crippen LogP contribution in [0.3, 0.4) is 0 Å². The van der Waals surface area contributed by atoms with Gasteiger partial charge in [-0.05, 0) is 43.5 Å². The molecule has 2 heterocycles. The fourth-order valence-corrected chi connectivity index (χ4v) is 3.85. The minimum atomic E-state index is -0.365. The predicted octanol–water partition coefficient (Wildman–Crippen LogP) is 5.06. The van der Waals surface area contributed by atoms with E-state index in [0.29, 0.717) is 31.3 Å². The second kappa shape index (κ2) is 9.36. The molecule has 0 bridgehead atoms. The lowest BCUT2D eigenvalue weighted by atomic mass is 10.00. The molecular weight excluding hydrogens is 401 g/mol. The van der Waals surface area contributed by atoms with Crippen molar-refractivity contribution < 1.29 is 13.9 Å². The first kappa shape index (κ1) is 20.5. The molecule has 3 aromatic rings. The van der Waals surface area contributed by atoms with E-state index in [1.54, 1.807) is 12.3 Å². The molecule has 1 saturated heterocycles. The van der Waals surface area contributed by atoms with Crippen LogP contribution in [-0.4, -0.2) is 27.8 Å². The third-order valence-electron chi connectivity index (χ3n) is 5.18. The average Bonchev–Trinajstić information content (AvgIpc) is 3.19. The number of hydrogen-bond donors (Lipinski definition) is 1. The Hall–Kier alpha value is -2.77. The van der Waals surface area contributed by atoms with E-state index >= 15 is 0 Å². The molecule has 0 aliphatic carbocycles. The number of benzene rings is 2. The summed E-state index contributed by atoms with van der Waals surface area (Å²) in [5.74, 6) is 1.29. The lowest BCUT2D eigenvalue weighted by Crippen LogP contribution is -2.27. The first-order chi connectivity index (χ1) is 14.6. The van der Waals surface area contributed by atoms with Crippen molar-refractivity contribution in [1.82, 2.24) is 9.55 Å². The highest BCUT2D eigenvalue weighted by Gasteiger charge is 2.18. The Morgan fingerprint density at radius 3 is 2.70 bits per heavy atom. The fourth-order valence-electron chi connectivity index (χ4n) is 3.49. The molecule has 5 nitrogen and oxygen atoms in total. The van der Waals surface area contributed by atoms with Crippen LogP contribution in [0.4, 0.5) is 10.1 Å². The zero-order valence-corrected chi connectivity index (χ0v) is 17.6. The molecule has 1 aliphatic heterocycles. The summed E-state index contributed by atoms with van der Waals surface area (Å²) in [5.41, 5.74) is 2.63. The van der Waals surface area contributed by atoms with E-state index in [2.05, 4.69) is 10.3 Å². The number of imidazole rings is 1. The quantitative estimate of drug-likeness (QED) is 0.559. The minimum absolute atomic E-state index is 0.263. The number of rotatable bonds is 6. The molecule has 1 aliphatic rings. The number of ether oxygens (including phenoxy) is 2. The molecule has 4 rings (SSSR count). The standard InChI is InChI=1S/C23H24FN3O2S/c1-16-25-8-9-27(16)21-4-2-17(3-5-21)15-29-22-13-19(24)12-20(14-22)26-23(30)18-6-10-28-11-7-18/h2-5,8-9,12-14,18H,6-7,10-11,15H2,1H3,(H,26,30). The van der Waals surface area contributed by atoms with Gasteiger partial charge in [-0.3, -0.25) is 0 Å². The molecule has 0 radical (unpaired) electrons. The van der Waals surface area contributed by atoms with Crippen LogP contribution in [0.1, 0.15) is 24.2 Å². The van der Waals surface area contributed by atoms with E-state index in [1.807, 2.05) is 42.0 Å². The highest BCUT2D eigenvalue weighted by Crippen LogP contribution is 2.24. The van der Waals surface area contributed by atoms with E-state index in [1.165, 1.54) is 12.1 Å². The van der Waals surface area contributed by atoms with Gasteiger partial charge in [-0.25, -0.2) is 9.37 Å². The SMILES string of the molecule is Cc1nccn1-c1ccc(COc2cc(F)cc(NC(=S)C3CCOCC3)c2)cc1. The normalized spacial score (nSPS) is 14.5. The summed E-state index contributed by atoms with van der Waals surface area (Å²) in [6, 6.07) is 12.6. The van der Waals surface area contributed by atoms with Crippen molar-refractivity contribution in [1.29, 1.82) is 0 Å². The van der Waals surface area contributed by atoms with Gasteiger partial charge >= 0.3 is 0 Å². The Morgan fingerprint density at radius 2 is 2.00 bits per heavy atom. The van der Waals surface area contributed by atoms with Gasteiger partial charge in [-0.15, -0.1) is 0 Å². The molecule has 0 saturated carbocycles. The Kier molecular flexibility index (Phi) is 6.40. The van der Waals surface area contributed by atoms with Crippen molar-refractivity contribution in [3.8, 4) is 11.4 Å². The van der Waals surface area contributed by atoms with Gasteiger partial charge in [-0.2, -0.15) is 0 Å². The summed E-state index contributed by atoms with van der Waals surface area (Å²) in [7, 11) is 0. The van der Waals surface area contributed by atoms with Gasteiger partial charge in [0.15, 0.2) is 0 Å². The van der Waals surface area contributed by atoms with Crippen molar-refractivity contribution in [2.75, 3.05) is 18.5 Å². The van der Waals surface area contributed by atoms with Crippen LogP contribution < -0.4 is 10.1 Å². The Labute approximate surface area is 180 Å². The maximum absolute atomic E-state index is 14.1. The fraction of sp³-hybridized carbons (Fsp3) is 0.304. The molecule has 2 aromatic carbocycles. The monoisotopic (exact) mass is 425 g/mol. The summed E-state index contributed by atoms with van der Waals surface area (Å²) in [6.45, 7) is 3.73. The van der Waals surface area contributed by atoms with E-state index in [-0.39, 0.29) is 11.7 Å². The minimum Gasteiger partial charge on any atom is -0.489 e. The largest absolute Gasteiger partial charge is 0.489 e. The summed E-state index contributed by atoms with van der Waals surface area (Å²) in [6.07, 6.45) is 5.47. The van der Waals surface area contributed by atoms with E-state index < -0.39 is 0 Å². The van der Waals surface area contributed by atoms with Crippen LogP contribution in [0.2, 0.25) is 0 Å². The number of aryl methyl sites for hydroxylation is 1. The molecule has 0 spiro atoms. The Balaban J connectivity index is 1.38. The van der Waals surface area contributed by atoms with Gasteiger partial charge in [0.05, 0.1) is 4.99 Å². The van der Waals surface area contributed by atoms with Gasteiger partial charge < -0.3 is 19.4 Å². The average molecular weight is 426 g/mol. The lowest BCUT2D eigenvalue weighted by molar-refractivity contribution is 0.0833. The molecule has 30 heavy (non-hydrogen) atoms. The van der Waals surface area contributed by atoms with Gasteiger partial charge in [0.2, 0.25) is 0 Å². The number of hydrogen-bond acceptors (Lipinski definition) is 4. The first-order valence-electron chi connectivity index (χ1n) is 10.00. The molecule has 1 aromatic heterocycles. The van der Waals surface area contributed by atoms with Gasteiger partial charge in [0, 0.05) is 55.0 Å². The molecule has 0 atom stereocenters. The van der Waals surface area contributed by atoms with Crippen LogP contribution in [0.25, 0.3) is 5.69 Å². The van der Waals surface area contributed by atoms with Crippen molar-refractivity contribution >= 4 is 22.9 Å². The van der Waals surface area contributed by atoms with Crippen molar-refractivity contribution in [2.24, 2.45) is 5.92 Å². The first-order valence-corrected chi connectivity index (χ1v) is 10.4. The van der Waals surface area contributed by atoms with Crippen LogP contribution in [0, 0.1) is 18.7 Å². The second-order valence-electron chi connectivity index (χ2n) is 7.35. The highest BCUT2D eigenvalue weighted by molar-refractivity contribution is 7.80. The van der Waals surface area contributed by atoms with Crippen LogP contribution in [0.15, 0.2) is 54.9 Å².